The summed E-state index contributed by atoms with van der Waals surface area (Å²) in [6.07, 6.45) is 4.18. The molecule has 32 heavy (non-hydrogen) atoms. The monoisotopic (exact) mass is 550 g/mol. The van der Waals surface area contributed by atoms with Crippen molar-refractivity contribution < 1.29 is 4.74 Å². The molecule has 0 aliphatic carbocycles. The van der Waals surface area contributed by atoms with Crippen LogP contribution in [-0.2, 0) is 7.05 Å². The van der Waals surface area contributed by atoms with Gasteiger partial charge in [-0.1, -0.05) is 18.2 Å². The van der Waals surface area contributed by atoms with E-state index in [-0.39, 0.29) is 35.6 Å². The van der Waals surface area contributed by atoms with Gasteiger partial charge in [-0.25, -0.2) is 9.97 Å². The summed E-state index contributed by atoms with van der Waals surface area (Å²) in [6, 6.07) is 8.32. The van der Waals surface area contributed by atoms with Gasteiger partial charge in [-0.15, -0.1) is 24.0 Å². The van der Waals surface area contributed by atoms with Gasteiger partial charge in [0.15, 0.2) is 11.6 Å². The highest BCUT2D eigenvalue weighted by atomic mass is 127. The Morgan fingerprint density at radius 1 is 1.28 bits per heavy atom. The van der Waals surface area contributed by atoms with Crippen LogP contribution in [-0.4, -0.2) is 50.9 Å². The molecule has 0 fully saturated rings. The summed E-state index contributed by atoms with van der Waals surface area (Å²) in [5.41, 5.74) is 1.72. The van der Waals surface area contributed by atoms with Gasteiger partial charge in [0.25, 0.3) is 0 Å². The fraction of sp³-hybridized carbons (Fsp3) is 0.455. The Balaban J connectivity index is 0.00000289. The Morgan fingerprint density at radius 3 is 2.91 bits per heavy atom. The Hall–Kier alpha value is -2.63. The second-order valence-corrected chi connectivity index (χ2v) is 8.22. The molecule has 1 unspecified atom stereocenters. The van der Waals surface area contributed by atoms with E-state index in [1.165, 1.54) is 0 Å². The van der Waals surface area contributed by atoms with E-state index in [2.05, 4.69) is 57.9 Å². The predicted octanol–water partition coefficient (Wildman–Crippen LogP) is 3.25. The molecule has 0 spiro atoms. The second-order valence-electron chi connectivity index (χ2n) is 8.22. The molecular weight excluding hydrogens is 519 g/mol. The number of rotatable bonds is 6. The highest BCUT2D eigenvalue weighted by Gasteiger charge is 2.33. The standard InChI is InChI=1S/C22H30N8O.HI/c1-5-23-21(29-17-12-22(2,3)31-18-9-7-6-8-15(17)18)25-11-10-24-19-16-13-28-30(4)20(16)27-14-26-19;/h6-9,13-14,17H,5,10-12H2,1-4H3,(H2,23,25,29)(H,24,26,27);1H. The van der Waals surface area contributed by atoms with Crippen LogP contribution in [0.1, 0.15) is 38.8 Å². The second kappa shape index (κ2) is 10.3. The number of aliphatic imine (C=N–C) groups is 1. The number of hydrogen-bond acceptors (Lipinski definition) is 6. The predicted molar refractivity (Wildman–Crippen MR) is 138 cm³/mol. The zero-order valence-corrected chi connectivity index (χ0v) is 21.3. The molecule has 3 aromatic rings. The van der Waals surface area contributed by atoms with Gasteiger partial charge < -0.3 is 20.7 Å². The number of para-hydroxylation sites is 1. The van der Waals surface area contributed by atoms with Crippen molar-refractivity contribution in [1.82, 2.24) is 30.4 Å². The smallest absolute Gasteiger partial charge is 0.191 e. The Labute approximate surface area is 205 Å². The summed E-state index contributed by atoms with van der Waals surface area (Å²) in [5.74, 6) is 2.49. The van der Waals surface area contributed by atoms with E-state index >= 15 is 0 Å². The normalized spacial score (nSPS) is 17.1. The summed E-state index contributed by atoms with van der Waals surface area (Å²) >= 11 is 0. The van der Waals surface area contributed by atoms with Crippen LogP contribution in [0, 0.1) is 0 Å². The van der Waals surface area contributed by atoms with Gasteiger partial charge in [-0.2, -0.15) is 5.10 Å². The third-order valence-electron chi connectivity index (χ3n) is 5.24. The number of ether oxygens (including phenoxy) is 1. The number of benzene rings is 1. The molecular formula is C22H31IN8O. The molecule has 0 saturated carbocycles. The SMILES string of the molecule is CCNC(=NCCNc1ncnc2c1cnn2C)NC1CC(C)(C)Oc2ccccc21.I. The lowest BCUT2D eigenvalue weighted by molar-refractivity contribution is 0.0694. The van der Waals surface area contributed by atoms with Gasteiger partial charge >= 0.3 is 0 Å². The average molecular weight is 550 g/mol. The van der Waals surface area contributed by atoms with Crippen molar-refractivity contribution >= 4 is 46.8 Å². The Morgan fingerprint density at radius 2 is 2.09 bits per heavy atom. The van der Waals surface area contributed by atoms with Crippen LogP contribution < -0.4 is 20.7 Å². The van der Waals surface area contributed by atoms with Crippen LogP contribution in [0.2, 0.25) is 0 Å². The van der Waals surface area contributed by atoms with Crippen LogP contribution in [0.25, 0.3) is 11.0 Å². The number of aromatic nitrogens is 4. The summed E-state index contributed by atoms with van der Waals surface area (Å²) in [4.78, 5) is 13.4. The molecule has 0 bridgehead atoms. The molecule has 1 aliphatic rings. The summed E-state index contributed by atoms with van der Waals surface area (Å²) in [5, 5.41) is 15.4. The van der Waals surface area contributed by atoms with E-state index in [1.54, 1.807) is 17.2 Å². The van der Waals surface area contributed by atoms with E-state index in [0.29, 0.717) is 13.1 Å². The highest BCUT2D eigenvalue weighted by molar-refractivity contribution is 14.0. The van der Waals surface area contributed by atoms with E-state index in [9.17, 15) is 0 Å². The molecule has 2 aromatic heterocycles. The van der Waals surface area contributed by atoms with Crippen molar-refractivity contribution in [2.75, 3.05) is 25.0 Å². The van der Waals surface area contributed by atoms with Crippen molar-refractivity contribution in [3.05, 3.63) is 42.4 Å². The van der Waals surface area contributed by atoms with Gasteiger partial charge in [0.2, 0.25) is 0 Å². The molecule has 10 heteroatoms. The maximum absolute atomic E-state index is 6.15. The molecule has 1 aromatic carbocycles. The first-order valence-corrected chi connectivity index (χ1v) is 10.7. The number of halogens is 1. The number of guanidine groups is 1. The fourth-order valence-corrected chi connectivity index (χ4v) is 3.86. The highest BCUT2D eigenvalue weighted by Crippen LogP contribution is 2.39. The maximum atomic E-state index is 6.15. The molecule has 0 saturated heterocycles. The van der Waals surface area contributed by atoms with Crippen molar-refractivity contribution in [2.24, 2.45) is 12.0 Å². The fourth-order valence-electron chi connectivity index (χ4n) is 3.86. The first kappa shape index (κ1) is 24.0. The first-order valence-electron chi connectivity index (χ1n) is 10.7. The van der Waals surface area contributed by atoms with Gasteiger partial charge in [0.05, 0.1) is 24.2 Å². The Bertz CT molecular complexity index is 1080. The Kier molecular flexibility index (Phi) is 7.75. The number of anilines is 1. The van der Waals surface area contributed by atoms with Gasteiger partial charge in [-0.3, -0.25) is 9.67 Å². The first-order chi connectivity index (χ1) is 15.0. The molecule has 172 valence electrons. The minimum atomic E-state index is -0.243. The largest absolute Gasteiger partial charge is 0.487 e. The zero-order valence-electron chi connectivity index (χ0n) is 18.9. The van der Waals surface area contributed by atoms with Crippen molar-refractivity contribution in [1.29, 1.82) is 0 Å². The zero-order chi connectivity index (χ0) is 21.8. The lowest BCUT2D eigenvalue weighted by Gasteiger charge is -2.38. The van der Waals surface area contributed by atoms with Crippen molar-refractivity contribution in [2.45, 2.75) is 38.8 Å². The molecule has 3 heterocycles. The van der Waals surface area contributed by atoms with Gasteiger partial charge in [0.1, 0.15) is 23.5 Å². The third kappa shape index (κ3) is 5.40. The van der Waals surface area contributed by atoms with E-state index in [4.69, 9.17) is 9.73 Å². The minimum absolute atomic E-state index is 0. The average Bonchev–Trinajstić information content (AvgIpc) is 3.12. The molecule has 1 atom stereocenters. The van der Waals surface area contributed by atoms with Crippen LogP contribution in [0.4, 0.5) is 5.82 Å². The number of hydrogen-bond donors (Lipinski definition) is 3. The van der Waals surface area contributed by atoms with E-state index < -0.39 is 0 Å². The van der Waals surface area contributed by atoms with Crippen LogP contribution >= 0.6 is 24.0 Å². The van der Waals surface area contributed by atoms with Gasteiger partial charge in [0, 0.05) is 32.1 Å². The lowest BCUT2D eigenvalue weighted by Crippen LogP contribution is -2.45. The van der Waals surface area contributed by atoms with Crippen molar-refractivity contribution in [3.63, 3.8) is 0 Å². The third-order valence-corrected chi connectivity index (χ3v) is 5.24. The van der Waals surface area contributed by atoms with Gasteiger partial charge in [-0.05, 0) is 26.8 Å². The maximum Gasteiger partial charge on any atom is 0.191 e. The molecule has 4 rings (SSSR count). The number of fused-ring (bicyclic) bond motifs is 2. The van der Waals surface area contributed by atoms with E-state index in [1.807, 2.05) is 25.2 Å². The molecule has 3 N–H and O–H groups in total. The number of nitrogens with one attached hydrogen (secondary N) is 3. The number of nitrogens with zero attached hydrogens (tertiary/aromatic N) is 5. The molecule has 0 radical (unpaired) electrons. The molecule has 1 aliphatic heterocycles. The van der Waals surface area contributed by atoms with Crippen LogP contribution in [0.3, 0.4) is 0 Å². The number of aryl methyl sites for hydroxylation is 1. The van der Waals surface area contributed by atoms with E-state index in [0.717, 1.165) is 47.1 Å². The lowest BCUT2D eigenvalue weighted by atomic mass is 9.90. The summed E-state index contributed by atoms with van der Waals surface area (Å²) < 4.78 is 7.88. The summed E-state index contributed by atoms with van der Waals surface area (Å²) in [7, 11) is 1.87. The minimum Gasteiger partial charge on any atom is -0.487 e. The quantitative estimate of drug-likeness (QED) is 0.188. The molecule has 0 amide bonds. The topological polar surface area (TPSA) is 101 Å². The summed E-state index contributed by atoms with van der Waals surface area (Å²) in [6.45, 7) is 8.33. The van der Waals surface area contributed by atoms with Crippen molar-refractivity contribution in [3.8, 4) is 5.75 Å². The molecule has 9 nitrogen and oxygen atoms in total. The van der Waals surface area contributed by atoms with Crippen LogP contribution in [0.15, 0.2) is 41.8 Å². The van der Waals surface area contributed by atoms with Crippen LogP contribution in [0.5, 0.6) is 5.75 Å².